The van der Waals surface area contributed by atoms with Gasteiger partial charge in [-0.05, 0) is 30.0 Å². The van der Waals surface area contributed by atoms with Crippen LogP contribution in [0.25, 0.3) is 11.5 Å². The van der Waals surface area contributed by atoms with Gasteiger partial charge in [-0.3, -0.25) is 10.1 Å². The SMILES string of the molecule is COc1c(-c2nc(C(F)(F)Sc3ccc(F)c(O)c3)no2)cc(O)c(O)c1[N+](=O)[O-]. The Kier molecular flexibility index (Phi) is 5.35. The van der Waals surface area contributed by atoms with Crippen LogP contribution in [0.5, 0.6) is 23.0 Å². The summed E-state index contributed by atoms with van der Waals surface area (Å²) in [6.07, 6.45) is 0. The summed E-state index contributed by atoms with van der Waals surface area (Å²) in [6.45, 7) is 0. The van der Waals surface area contributed by atoms with Crippen molar-refractivity contribution in [2.24, 2.45) is 0 Å². The third-order valence-corrected chi connectivity index (χ3v) is 4.60. The van der Waals surface area contributed by atoms with Crippen molar-refractivity contribution in [1.82, 2.24) is 10.1 Å². The number of aromatic hydroxyl groups is 3. The lowest BCUT2D eigenvalue weighted by molar-refractivity contribution is -0.386. The molecule has 0 bridgehead atoms. The van der Waals surface area contributed by atoms with Crippen LogP contribution in [0.2, 0.25) is 0 Å². The first kappa shape index (κ1) is 21.0. The fourth-order valence-electron chi connectivity index (χ4n) is 2.36. The lowest BCUT2D eigenvalue weighted by Gasteiger charge is -2.11. The Morgan fingerprint density at radius 3 is 2.53 bits per heavy atom. The molecule has 158 valence electrons. The van der Waals surface area contributed by atoms with E-state index in [1.807, 2.05) is 0 Å². The Hall–Kier alpha value is -3.68. The number of rotatable bonds is 6. The zero-order chi connectivity index (χ0) is 22.2. The number of nitro benzene ring substituents is 1. The molecule has 0 aliphatic heterocycles. The van der Waals surface area contributed by atoms with E-state index in [2.05, 4.69) is 10.1 Å². The van der Waals surface area contributed by atoms with Crippen LogP contribution in [0.1, 0.15) is 5.82 Å². The molecule has 0 saturated carbocycles. The van der Waals surface area contributed by atoms with Crippen molar-refractivity contribution in [3.05, 3.63) is 46.0 Å². The minimum atomic E-state index is -3.82. The first-order valence-corrected chi connectivity index (χ1v) is 8.54. The number of phenols is 3. The van der Waals surface area contributed by atoms with E-state index in [4.69, 9.17) is 9.26 Å². The molecule has 3 N–H and O–H groups in total. The highest BCUT2D eigenvalue weighted by atomic mass is 32.2. The second-order valence-electron chi connectivity index (χ2n) is 5.59. The molecular formula is C16H10F3N3O7S. The van der Waals surface area contributed by atoms with E-state index >= 15 is 0 Å². The second-order valence-corrected chi connectivity index (χ2v) is 6.77. The van der Waals surface area contributed by atoms with Gasteiger partial charge >= 0.3 is 10.9 Å². The third-order valence-electron chi connectivity index (χ3n) is 3.67. The Balaban J connectivity index is 2.01. The van der Waals surface area contributed by atoms with Crippen molar-refractivity contribution >= 4 is 17.4 Å². The molecular weight excluding hydrogens is 435 g/mol. The van der Waals surface area contributed by atoms with E-state index in [1.54, 1.807) is 0 Å². The fourth-order valence-corrected chi connectivity index (χ4v) is 3.14. The number of hydrogen-bond acceptors (Lipinski definition) is 10. The highest BCUT2D eigenvalue weighted by Crippen LogP contribution is 2.49. The van der Waals surface area contributed by atoms with Crippen LogP contribution in [0.4, 0.5) is 18.9 Å². The van der Waals surface area contributed by atoms with Gasteiger partial charge in [0.1, 0.15) is 0 Å². The quantitative estimate of drug-likeness (QED) is 0.221. The van der Waals surface area contributed by atoms with Crippen molar-refractivity contribution in [3.63, 3.8) is 0 Å². The van der Waals surface area contributed by atoms with Crippen LogP contribution in [0, 0.1) is 15.9 Å². The number of ether oxygens (including phenoxy) is 1. The van der Waals surface area contributed by atoms with Crippen LogP contribution in [0.3, 0.4) is 0 Å². The van der Waals surface area contributed by atoms with E-state index in [-0.39, 0.29) is 16.7 Å². The average molecular weight is 445 g/mol. The van der Waals surface area contributed by atoms with Gasteiger partial charge in [0.15, 0.2) is 17.3 Å². The van der Waals surface area contributed by atoms with Crippen LogP contribution >= 0.6 is 11.8 Å². The predicted octanol–water partition coefficient (Wildman–Crippen LogP) is 3.75. The molecule has 1 aromatic heterocycles. The Morgan fingerprint density at radius 2 is 1.93 bits per heavy atom. The second kappa shape index (κ2) is 7.62. The van der Waals surface area contributed by atoms with Crippen molar-refractivity contribution in [2.45, 2.75) is 10.2 Å². The standard InChI is InChI=1S/C16H10F3N3O7S/c1-28-13-7(5-10(24)12(25)11(13)22(26)27)14-20-15(21-29-14)16(18,19)30-6-2-3-8(17)9(23)4-6/h2-5,23-25H,1H3. The molecule has 30 heavy (non-hydrogen) atoms. The summed E-state index contributed by atoms with van der Waals surface area (Å²) in [6, 6.07) is 3.33. The lowest BCUT2D eigenvalue weighted by atomic mass is 10.1. The first-order valence-electron chi connectivity index (χ1n) is 7.72. The zero-order valence-corrected chi connectivity index (χ0v) is 15.5. The highest BCUT2D eigenvalue weighted by Gasteiger charge is 2.40. The van der Waals surface area contributed by atoms with Gasteiger partial charge < -0.3 is 24.6 Å². The molecule has 2 aromatic carbocycles. The zero-order valence-electron chi connectivity index (χ0n) is 14.7. The maximum Gasteiger partial charge on any atom is 0.360 e. The number of hydrogen-bond donors (Lipinski definition) is 3. The summed E-state index contributed by atoms with van der Waals surface area (Å²) in [7, 11) is 1.01. The van der Waals surface area contributed by atoms with Crippen molar-refractivity contribution in [2.75, 3.05) is 7.11 Å². The number of alkyl halides is 2. The molecule has 0 spiro atoms. The Morgan fingerprint density at radius 1 is 1.23 bits per heavy atom. The largest absolute Gasteiger partial charge is 0.505 e. The normalized spacial score (nSPS) is 11.5. The first-order chi connectivity index (χ1) is 14.0. The summed E-state index contributed by atoms with van der Waals surface area (Å²) in [5, 5.41) is 39.2. The molecule has 14 heteroatoms. The van der Waals surface area contributed by atoms with Crippen LogP contribution in [0.15, 0.2) is 33.7 Å². The number of nitro groups is 1. The topological polar surface area (TPSA) is 152 Å². The minimum absolute atomic E-state index is 0.120. The van der Waals surface area contributed by atoms with Gasteiger partial charge in [-0.1, -0.05) is 5.16 Å². The highest BCUT2D eigenvalue weighted by molar-refractivity contribution is 8.00. The van der Waals surface area contributed by atoms with Gasteiger partial charge in [0.25, 0.3) is 11.7 Å². The third kappa shape index (κ3) is 3.76. The van der Waals surface area contributed by atoms with E-state index in [0.717, 1.165) is 31.4 Å². The number of halogens is 3. The van der Waals surface area contributed by atoms with Crippen molar-refractivity contribution < 1.29 is 42.7 Å². The minimum Gasteiger partial charge on any atom is -0.505 e. The number of aromatic nitrogens is 2. The molecule has 0 amide bonds. The van der Waals surface area contributed by atoms with E-state index < -0.39 is 62.0 Å². The maximum atomic E-state index is 14.5. The molecule has 10 nitrogen and oxygen atoms in total. The van der Waals surface area contributed by atoms with Gasteiger partial charge in [0.05, 0.1) is 17.6 Å². The van der Waals surface area contributed by atoms with Gasteiger partial charge in [-0.2, -0.15) is 13.8 Å². The molecule has 1 heterocycles. The monoisotopic (exact) mass is 445 g/mol. The van der Waals surface area contributed by atoms with Crippen LogP contribution in [-0.2, 0) is 5.25 Å². The van der Waals surface area contributed by atoms with Gasteiger partial charge in [0.2, 0.25) is 11.5 Å². The fraction of sp³-hybridized carbons (Fsp3) is 0.125. The molecule has 3 rings (SSSR count). The van der Waals surface area contributed by atoms with Crippen LogP contribution in [-0.4, -0.2) is 37.5 Å². The summed E-state index contributed by atoms with van der Waals surface area (Å²) < 4.78 is 51.7. The number of benzene rings is 2. The van der Waals surface area contributed by atoms with Crippen LogP contribution < -0.4 is 4.74 Å². The molecule has 0 aliphatic rings. The molecule has 0 aliphatic carbocycles. The molecule has 0 unspecified atom stereocenters. The number of nitrogens with zero attached hydrogens (tertiary/aromatic N) is 3. The summed E-state index contributed by atoms with van der Waals surface area (Å²) >= 11 is -0.120. The summed E-state index contributed by atoms with van der Waals surface area (Å²) in [5.74, 6) is -6.29. The molecule has 0 atom stereocenters. The molecule has 0 fully saturated rings. The Bertz CT molecular complexity index is 1140. The Labute approximate surface area is 168 Å². The summed E-state index contributed by atoms with van der Waals surface area (Å²) in [4.78, 5) is 13.4. The predicted molar refractivity (Wildman–Crippen MR) is 94.1 cm³/mol. The van der Waals surface area contributed by atoms with Crippen molar-refractivity contribution in [3.8, 4) is 34.5 Å². The molecule has 0 radical (unpaired) electrons. The van der Waals surface area contributed by atoms with E-state index in [1.165, 1.54) is 0 Å². The number of thioether (sulfide) groups is 1. The molecule has 0 saturated heterocycles. The smallest absolute Gasteiger partial charge is 0.360 e. The lowest BCUT2D eigenvalue weighted by Crippen LogP contribution is -2.10. The summed E-state index contributed by atoms with van der Waals surface area (Å²) in [5.41, 5.74) is -1.45. The average Bonchev–Trinajstić information content (AvgIpc) is 3.17. The maximum absolute atomic E-state index is 14.5. The number of phenolic OH excluding ortho intramolecular Hbond substituents is 3. The van der Waals surface area contributed by atoms with Crippen molar-refractivity contribution in [1.29, 1.82) is 0 Å². The van der Waals surface area contributed by atoms with Gasteiger partial charge in [0, 0.05) is 11.0 Å². The van der Waals surface area contributed by atoms with E-state index in [0.29, 0.717) is 0 Å². The van der Waals surface area contributed by atoms with E-state index in [9.17, 15) is 38.6 Å². The molecule has 3 aromatic rings. The van der Waals surface area contributed by atoms with Gasteiger partial charge in [-0.15, -0.1) is 0 Å². The number of methoxy groups -OCH3 is 1. The van der Waals surface area contributed by atoms with Gasteiger partial charge in [-0.25, -0.2) is 4.39 Å².